The number of halogens is 1. The van der Waals surface area contributed by atoms with Crippen molar-refractivity contribution in [3.05, 3.63) is 22.8 Å². The van der Waals surface area contributed by atoms with Crippen LogP contribution in [0.2, 0.25) is 5.02 Å². The van der Waals surface area contributed by atoms with Crippen molar-refractivity contribution < 1.29 is 4.74 Å². The highest BCUT2D eigenvalue weighted by Crippen LogP contribution is 2.25. The smallest absolute Gasteiger partial charge is 0.128 e. The summed E-state index contributed by atoms with van der Waals surface area (Å²) in [6.45, 7) is 2.80. The summed E-state index contributed by atoms with van der Waals surface area (Å²) >= 11 is 6.25. The normalized spacial score (nSPS) is 23.1. The number of pyridine rings is 1. The highest BCUT2D eigenvalue weighted by Gasteiger charge is 2.22. The largest absolute Gasteiger partial charge is 0.380 e. The van der Waals surface area contributed by atoms with E-state index in [1.165, 1.54) is 12.8 Å². The zero-order chi connectivity index (χ0) is 13.9. The number of hydrogen-bond donors (Lipinski definition) is 1. The fourth-order valence-electron chi connectivity index (χ4n) is 2.66. The van der Waals surface area contributed by atoms with Crippen molar-refractivity contribution in [3.63, 3.8) is 0 Å². The summed E-state index contributed by atoms with van der Waals surface area (Å²) in [5.74, 6) is 1.02. The average Bonchev–Trinajstić information content (AvgIpc) is 3.31. The number of anilines is 1. The van der Waals surface area contributed by atoms with E-state index in [-0.39, 0.29) is 0 Å². The van der Waals surface area contributed by atoms with Crippen LogP contribution in [0.15, 0.2) is 12.3 Å². The van der Waals surface area contributed by atoms with Crippen LogP contribution in [0.3, 0.4) is 0 Å². The Hall–Kier alpha value is -0.840. The van der Waals surface area contributed by atoms with Gasteiger partial charge in [-0.3, -0.25) is 0 Å². The van der Waals surface area contributed by atoms with Gasteiger partial charge in [-0.1, -0.05) is 11.6 Å². The molecule has 2 heterocycles. The zero-order valence-corrected chi connectivity index (χ0v) is 12.7. The Kier molecular flexibility index (Phi) is 4.44. The zero-order valence-electron chi connectivity index (χ0n) is 11.9. The first kappa shape index (κ1) is 14.1. The molecule has 1 saturated carbocycles. The van der Waals surface area contributed by atoms with Crippen LogP contribution in [0, 0.1) is 0 Å². The number of piperidine rings is 1. The number of rotatable bonds is 5. The third-order valence-electron chi connectivity index (χ3n) is 4.11. The lowest BCUT2D eigenvalue weighted by molar-refractivity contribution is 0.0891. The van der Waals surface area contributed by atoms with Gasteiger partial charge in [0, 0.05) is 39.0 Å². The quantitative estimate of drug-likeness (QED) is 0.906. The second-order valence-corrected chi connectivity index (χ2v) is 6.14. The first-order valence-corrected chi connectivity index (χ1v) is 7.79. The van der Waals surface area contributed by atoms with Crippen molar-refractivity contribution >= 4 is 17.4 Å². The Balaban J connectivity index is 1.70. The molecule has 1 unspecified atom stereocenters. The molecular formula is C15H22ClN3O. The Morgan fingerprint density at radius 3 is 3.05 bits per heavy atom. The Bertz CT molecular complexity index is 464. The minimum atomic E-state index is 0.314. The molecule has 0 aromatic carbocycles. The van der Waals surface area contributed by atoms with Crippen molar-refractivity contribution in [2.45, 2.75) is 44.4 Å². The molecular weight excluding hydrogens is 274 g/mol. The van der Waals surface area contributed by atoms with Crippen molar-refractivity contribution in [2.75, 3.05) is 25.1 Å². The fourth-order valence-corrected chi connectivity index (χ4v) is 2.83. The molecule has 4 nitrogen and oxygen atoms in total. The lowest BCUT2D eigenvalue weighted by Crippen LogP contribution is -2.39. The number of ether oxygens (including phenoxy) is 1. The minimum absolute atomic E-state index is 0.314. The van der Waals surface area contributed by atoms with E-state index in [0.717, 1.165) is 48.9 Å². The van der Waals surface area contributed by atoms with Gasteiger partial charge in [-0.25, -0.2) is 4.98 Å². The van der Waals surface area contributed by atoms with Gasteiger partial charge in [-0.15, -0.1) is 0 Å². The second kappa shape index (κ2) is 6.29. The average molecular weight is 296 g/mol. The third kappa shape index (κ3) is 3.43. The summed E-state index contributed by atoms with van der Waals surface area (Å²) < 4.78 is 5.48. The third-order valence-corrected chi connectivity index (χ3v) is 4.45. The molecule has 1 aliphatic heterocycles. The van der Waals surface area contributed by atoms with Crippen molar-refractivity contribution in [3.8, 4) is 0 Å². The lowest BCUT2D eigenvalue weighted by atomic mass is 10.1. The molecule has 2 aliphatic rings. The molecule has 1 aromatic heterocycles. The number of nitrogens with zero attached hydrogens (tertiary/aromatic N) is 2. The number of methoxy groups -OCH3 is 1. The molecule has 0 radical (unpaired) electrons. The van der Waals surface area contributed by atoms with E-state index >= 15 is 0 Å². The van der Waals surface area contributed by atoms with Gasteiger partial charge in [0.1, 0.15) is 5.82 Å². The monoisotopic (exact) mass is 295 g/mol. The van der Waals surface area contributed by atoms with Crippen LogP contribution in [0.25, 0.3) is 0 Å². The van der Waals surface area contributed by atoms with Crippen molar-refractivity contribution in [1.82, 2.24) is 10.3 Å². The summed E-state index contributed by atoms with van der Waals surface area (Å²) in [6, 6.07) is 2.81. The van der Waals surface area contributed by atoms with Gasteiger partial charge in [0.15, 0.2) is 0 Å². The molecule has 1 N–H and O–H groups in total. The van der Waals surface area contributed by atoms with E-state index in [4.69, 9.17) is 16.3 Å². The summed E-state index contributed by atoms with van der Waals surface area (Å²) in [7, 11) is 1.79. The molecule has 0 spiro atoms. The Labute approximate surface area is 125 Å². The Morgan fingerprint density at radius 2 is 2.30 bits per heavy atom. The van der Waals surface area contributed by atoms with Crippen LogP contribution in [0.1, 0.15) is 31.2 Å². The van der Waals surface area contributed by atoms with Crippen LogP contribution in [-0.2, 0) is 11.3 Å². The highest BCUT2D eigenvalue weighted by molar-refractivity contribution is 6.31. The van der Waals surface area contributed by atoms with Gasteiger partial charge in [0.05, 0.1) is 11.1 Å². The molecule has 0 amide bonds. The maximum Gasteiger partial charge on any atom is 0.128 e. The summed E-state index contributed by atoms with van der Waals surface area (Å²) in [5.41, 5.74) is 1.14. The van der Waals surface area contributed by atoms with E-state index < -0.39 is 0 Å². The predicted molar refractivity (Wildman–Crippen MR) is 81.4 cm³/mol. The van der Waals surface area contributed by atoms with Crippen LogP contribution >= 0.6 is 11.6 Å². The fraction of sp³-hybridized carbons (Fsp3) is 0.667. The molecule has 1 aliphatic carbocycles. The molecule has 1 atom stereocenters. The molecule has 1 saturated heterocycles. The molecule has 110 valence electrons. The van der Waals surface area contributed by atoms with Gasteiger partial charge in [0.25, 0.3) is 0 Å². The first-order chi connectivity index (χ1) is 9.76. The summed E-state index contributed by atoms with van der Waals surface area (Å²) in [4.78, 5) is 6.78. The Morgan fingerprint density at radius 1 is 1.45 bits per heavy atom. The molecule has 20 heavy (non-hydrogen) atoms. The molecule has 1 aromatic rings. The van der Waals surface area contributed by atoms with E-state index in [9.17, 15) is 0 Å². The summed E-state index contributed by atoms with van der Waals surface area (Å²) in [5, 5.41) is 4.26. The van der Waals surface area contributed by atoms with E-state index in [0.29, 0.717) is 12.1 Å². The van der Waals surface area contributed by atoms with Crippen molar-refractivity contribution in [2.24, 2.45) is 0 Å². The minimum Gasteiger partial charge on any atom is -0.380 e. The van der Waals surface area contributed by atoms with Crippen LogP contribution < -0.4 is 10.2 Å². The van der Waals surface area contributed by atoms with Crippen LogP contribution in [0.4, 0.5) is 5.82 Å². The highest BCUT2D eigenvalue weighted by atomic mass is 35.5. The van der Waals surface area contributed by atoms with Crippen LogP contribution in [0.5, 0.6) is 0 Å². The molecule has 3 rings (SSSR count). The van der Waals surface area contributed by atoms with Crippen LogP contribution in [-0.4, -0.2) is 37.3 Å². The van der Waals surface area contributed by atoms with Crippen molar-refractivity contribution in [1.29, 1.82) is 0 Å². The maximum absolute atomic E-state index is 6.25. The van der Waals surface area contributed by atoms with E-state index in [1.54, 1.807) is 13.3 Å². The van der Waals surface area contributed by atoms with E-state index in [1.807, 2.05) is 0 Å². The molecule has 0 bridgehead atoms. The van der Waals surface area contributed by atoms with Gasteiger partial charge >= 0.3 is 0 Å². The second-order valence-electron chi connectivity index (χ2n) is 5.74. The standard InChI is InChI=1S/C15H22ClN3O/c1-20-13-3-2-6-19(10-13)15-7-11(14(16)9-18-15)8-17-12-4-5-12/h7,9,12-13,17H,2-6,8,10H2,1H3. The van der Waals surface area contributed by atoms with Gasteiger partial charge < -0.3 is 15.0 Å². The molecule has 5 heteroatoms. The van der Waals surface area contributed by atoms with Gasteiger partial charge in [-0.05, 0) is 37.3 Å². The first-order valence-electron chi connectivity index (χ1n) is 7.42. The SMILES string of the molecule is COC1CCCN(c2cc(CNC3CC3)c(Cl)cn2)C1. The lowest BCUT2D eigenvalue weighted by Gasteiger charge is -2.33. The number of nitrogens with one attached hydrogen (secondary N) is 1. The molecule has 2 fully saturated rings. The maximum atomic E-state index is 6.25. The summed E-state index contributed by atoms with van der Waals surface area (Å²) in [6.07, 6.45) is 6.95. The number of hydrogen-bond acceptors (Lipinski definition) is 4. The predicted octanol–water partition coefficient (Wildman–Crippen LogP) is 2.60. The topological polar surface area (TPSA) is 37.4 Å². The van der Waals surface area contributed by atoms with E-state index in [2.05, 4.69) is 21.3 Å². The van der Waals surface area contributed by atoms with Gasteiger partial charge in [0.2, 0.25) is 0 Å². The van der Waals surface area contributed by atoms with Gasteiger partial charge in [-0.2, -0.15) is 0 Å². The number of aromatic nitrogens is 1.